The lowest BCUT2D eigenvalue weighted by molar-refractivity contribution is 0.0376. The molecule has 0 aliphatic carbocycles. The lowest BCUT2D eigenvalue weighted by atomic mass is 10.2. The molecule has 0 unspecified atom stereocenters. The normalized spacial score (nSPS) is 15.0. The summed E-state index contributed by atoms with van der Waals surface area (Å²) in [6.07, 6.45) is 0.867. The van der Waals surface area contributed by atoms with E-state index >= 15 is 0 Å². The lowest BCUT2D eigenvalue weighted by Crippen LogP contribution is -2.39. The summed E-state index contributed by atoms with van der Waals surface area (Å²) in [5, 5.41) is 1.27. The van der Waals surface area contributed by atoms with Crippen LogP contribution in [-0.4, -0.2) is 55.2 Å². The summed E-state index contributed by atoms with van der Waals surface area (Å²) in [5.41, 5.74) is 1.47. The summed E-state index contributed by atoms with van der Waals surface area (Å²) in [6, 6.07) is 13.1. The number of rotatable bonds is 6. The van der Waals surface area contributed by atoms with Crippen molar-refractivity contribution in [3.8, 4) is 0 Å². The molecular weight excluding hydrogens is 474 g/mol. The summed E-state index contributed by atoms with van der Waals surface area (Å²) in [4.78, 5) is 22.2. The molecule has 1 aromatic heterocycles. The van der Waals surface area contributed by atoms with Gasteiger partial charge in [-0.2, -0.15) is 0 Å². The second-order valence-corrected chi connectivity index (χ2v) is 9.24. The van der Waals surface area contributed by atoms with Crippen LogP contribution in [0.3, 0.4) is 0 Å². The van der Waals surface area contributed by atoms with E-state index in [1.807, 2.05) is 18.2 Å². The van der Waals surface area contributed by atoms with Gasteiger partial charge in [-0.3, -0.25) is 14.6 Å². The SMILES string of the molecule is O=C(c1cccc(Cl)c1)N(CCCN1CCOCC1)c1nc2ccc(Br)cc2s1. The van der Waals surface area contributed by atoms with Crippen molar-refractivity contribution >= 4 is 60.1 Å². The smallest absolute Gasteiger partial charge is 0.260 e. The highest BCUT2D eigenvalue weighted by Crippen LogP contribution is 2.32. The Morgan fingerprint density at radius 3 is 2.86 bits per heavy atom. The fraction of sp³-hybridized carbons (Fsp3) is 0.333. The molecule has 2 heterocycles. The third kappa shape index (κ3) is 5.16. The van der Waals surface area contributed by atoms with Gasteiger partial charge in [-0.05, 0) is 42.8 Å². The molecule has 5 nitrogen and oxygen atoms in total. The number of hydrogen-bond acceptors (Lipinski definition) is 5. The van der Waals surface area contributed by atoms with Crippen LogP contribution in [0.1, 0.15) is 16.8 Å². The van der Waals surface area contributed by atoms with Crippen LogP contribution in [-0.2, 0) is 4.74 Å². The van der Waals surface area contributed by atoms with Crippen molar-refractivity contribution in [1.29, 1.82) is 0 Å². The highest BCUT2D eigenvalue weighted by atomic mass is 79.9. The molecule has 1 saturated heterocycles. The standard InChI is InChI=1S/C21H21BrClN3O2S/c22-16-5-6-18-19(14-16)29-21(24-18)26(8-2-7-25-9-11-28-12-10-25)20(27)15-3-1-4-17(23)13-15/h1,3-6,13-14H,2,7-12H2. The van der Waals surface area contributed by atoms with Gasteiger partial charge in [0.1, 0.15) is 0 Å². The number of morpholine rings is 1. The number of aromatic nitrogens is 1. The molecule has 4 rings (SSSR count). The molecule has 0 spiro atoms. The van der Waals surface area contributed by atoms with Crippen molar-refractivity contribution in [2.45, 2.75) is 6.42 Å². The molecule has 3 aromatic rings. The molecule has 1 aliphatic heterocycles. The number of anilines is 1. The number of carbonyl (C=O) groups excluding carboxylic acids is 1. The second-order valence-electron chi connectivity index (χ2n) is 6.88. The van der Waals surface area contributed by atoms with Gasteiger partial charge in [0.2, 0.25) is 0 Å². The van der Waals surface area contributed by atoms with Gasteiger partial charge in [0.25, 0.3) is 5.91 Å². The molecular formula is C21H21BrClN3O2S. The van der Waals surface area contributed by atoms with Crippen molar-refractivity contribution in [3.05, 3.63) is 57.5 Å². The van der Waals surface area contributed by atoms with E-state index in [1.54, 1.807) is 29.2 Å². The third-order valence-corrected chi connectivity index (χ3v) is 6.62. The molecule has 29 heavy (non-hydrogen) atoms. The van der Waals surface area contributed by atoms with E-state index in [0.29, 0.717) is 22.3 Å². The summed E-state index contributed by atoms with van der Waals surface area (Å²) < 4.78 is 7.46. The molecule has 1 aliphatic rings. The molecule has 152 valence electrons. The van der Waals surface area contributed by atoms with Gasteiger partial charge in [0.05, 0.1) is 23.4 Å². The summed E-state index contributed by atoms with van der Waals surface area (Å²) >= 11 is 11.2. The molecule has 2 aromatic carbocycles. The quantitative estimate of drug-likeness (QED) is 0.479. The number of nitrogens with zero attached hydrogens (tertiary/aromatic N) is 3. The minimum Gasteiger partial charge on any atom is -0.379 e. The molecule has 0 N–H and O–H groups in total. The molecule has 0 radical (unpaired) electrons. The molecule has 0 bridgehead atoms. The predicted octanol–water partition coefficient (Wildman–Crippen LogP) is 5.08. The first-order chi connectivity index (χ1) is 14.1. The highest BCUT2D eigenvalue weighted by molar-refractivity contribution is 9.10. The van der Waals surface area contributed by atoms with Crippen molar-refractivity contribution in [3.63, 3.8) is 0 Å². The van der Waals surface area contributed by atoms with Crippen LogP contribution < -0.4 is 4.90 Å². The Labute approximate surface area is 187 Å². The van der Waals surface area contributed by atoms with Gasteiger partial charge in [0.15, 0.2) is 5.13 Å². The largest absolute Gasteiger partial charge is 0.379 e. The van der Waals surface area contributed by atoms with E-state index in [4.69, 9.17) is 21.3 Å². The number of thiazole rings is 1. The van der Waals surface area contributed by atoms with Gasteiger partial charge in [-0.15, -0.1) is 0 Å². The maximum absolute atomic E-state index is 13.3. The van der Waals surface area contributed by atoms with Gasteiger partial charge in [-0.1, -0.05) is 44.9 Å². The van der Waals surface area contributed by atoms with Gasteiger partial charge in [-0.25, -0.2) is 4.98 Å². The van der Waals surface area contributed by atoms with Crippen LogP contribution in [0.5, 0.6) is 0 Å². The van der Waals surface area contributed by atoms with E-state index in [-0.39, 0.29) is 5.91 Å². The fourth-order valence-electron chi connectivity index (χ4n) is 3.34. The van der Waals surface area contributed by atoms with Crippen LogP contribution in [0.2, 0.25) is 5.02 Å². The number of amides is 1. The Balaban J connectivity index is 1.57. The van der Waals surface area contributed by atoms with Crippen molar-refractivity contribution in [2.24, 2.45) is 0 Å². The van der Waals surface area contributed by atoms with Crippen LogP contribution in [0.15, 0.2) is 46.9 Å². The summed E-state index contributed by atoms with van der Waals surface area (Å²) in [5.74, 6) is -0.0763. The molecule has 0 atom stereocenters. The first-order valence-electron chi connectivity index (χ1n) is 9.54. The first-order valence-corrected chi connectivity index (χ1v) is 11.5. The van der Waals surface area contributed by atoms with E-state index in [1.165, 1.54) is 11.3 Å². The van der Waals surface area contributed by atoms with E-state index in [9.17, 15) is 4.79 Å². The average molecular weight is 495 g/mol. The predicted molar refractivity (Wildman–Crippen MR) is 122 cm³/mol. The number of halogens is 2. The van der Waals surface area contributed by atoms with E-state index in [0.717, 1.165) is 54.0 Å². The summed E-state index contributed by atoms with van der Waals surface area (Å²) in [7, 11) is 0. The number of benzene rings is 2. The third-order valence-electron chi connectivity index (χ3n) is 4.85. The fourth-order valence-corrected chi connectivity index (χ4v) is 5.07. The number of carbonyl (C=O) groups is 1. The highest BCUT2D eigenvalue weighted by Gasteiger charge is 2.22. The maximum Gasteiger partial charge on any atom is 0.260 e. The van der Waals surface area contributed by atoms with Crippen LogP contribution in [0, 0.1) is 0 Å². The molecule has 1 amide bonds. The number of fused-ring (bicyclic) bond motifs is 1. The van der Waals surface area contributed by atoms with Crippen LogP contribution in [0.25, 0.3) is 10.2 Å². The Morgan fingerprint density at radius 1 is 1.24 bits per heavy atom. The zero-order chi connectivity index (χ0) is 20.2. The van der Waals surface area contributed by atoms with Gasteiger partial charge < -0.3 is 4.74 Å². The number of hydrogen-bond donors (Lipinski definition) is 0. The van der Waals surface area contributed by atoms with Crippen molar-refractivity contribution < 1.29 is 9.53 Å². The Morgan fingerprint density at radius 2 is 2.07 bits per heavy atom. The zero-order valence-electron chi connectivity index (χ0n) is 15.8. The van der Waals surface area contributed by atoms with Crippen LogP contribution >= 0.6 is 38.9 Å². The topological polar surface area (TPSA) is 45.7 Å². The maximum atomic E-state index is 13.3. The van der Waals surface area contributed by atoms with Gasteiger partial charge >= 0.3 is 0 Å². The Kier molecular flexibility index (Phi) is 6.82. The minimum atomic E-state index is -0.0763. The Hall–Kier alpha value is -1.51. The lowest BCUT2D eigenvalue weighted by Gasteiger charge is -2.27. The van der Waals surface area contributed by atoms with Gasteiger partial charge in [0, 0.05) is 41.2 Å². The van der Waals surface area contributed by atoms with Crippen molar-refractivity contribution in [1.82, 2.24) is 9.88 Å². The monoisotopic (exact) mass is 493 g/mol. The molecule has 0 saturated carbocycles. The second kappa shape index (κ2) is 9.53. The zero-order valence-corrected chi connectivity index (χ0v) is 19.0. The van der Waals surface area contributed by atoms with Crippen LogP contribution in [0.4, 0.5) is 5.13 Å². The van der Waals surface area contributed by atoms with E-state index < -0.39 is 0 Å². The summed E-state index contributed by atoms with van der Waals surface area (Å²) in [6.45, 7) is 4.97. The Bertz CT molecular complexity index is 1010. The van der Waals surface area contributed by atoms with Crippen molar-refractivity contribution in [2.75, 3.05) is 44.3 Å². The minimum absolute atomic E-state index is 0.0763. The number of ether oxygens (including phenoxy) is 1. The molecule has 1 fully saturated rings. The average Bonchev–Trinajstić information content (AvgIpc) is 3.14. The van der Waals surface area contributed by atoms with E-state index in [2.05, 4.69) is 20.8 Å². The molecule has 8 heteroatoms. The first kappa shape index (κ1) is 20.8.